The maximum absolute atomic E-state index is 11.8. The second-order valence-electron chi connectivity index (χ2n) is 4.28. The number of nitrogen functional groups attached to an aromatic ring is 1. The van der Waals surface area contributed by atoms with E-state index in [0.717, 1.165) is 0 Å². The van der Waals surface area contributed by atoms with Gasteiger partial charge in [-0.1, -0.05) is 18.2 Å². The summed E-state index contributed by atoms with van der Waals surface area (Å²) >= 11 is 0. The maximum atomic E-state index is 11.8. The second kappa shape index (κ2) is 7.20. The third-order valence-electron chi connectivity index (χ3n) is 2.63. The lowest BCUT2D eigenvalue weighted by atomic mass is 10.3. The first-order valence-electron chi connectivity index (χ1n) is 6.37. The Balaban J connectivity index is 1.77. The molecule has 0 bridgehead atoms. The van der Waals surface area contributed by atoms with E-state index in [4.69, 9.17) is 10.5 Å². The molecule has 0 fully saturated rings. The number of aliphatic hydroxyl groups is 1. The van der Waals surface area contributed by atoms with Gasteiger partial charge in [-0.15, -0.1) is 0 Å². The number of para-hydroxylation sites is 1. The number of aliphatic hydroxyl groups excluding tert-OH is 1. The molecule has 0 aliphatic carbocycles. The second-order valence-corrected chi connectivity index (χ2v) is 4.28. The van der Waals surface area contributed by atoms with Crippen LogP contribution < -0.4 is 15.8 Å². The highest BCUT2D eigenvalue weighted by atomic mass is 16.5. The molecule has 7 heteroatoms. The van der Waals surface area contributed by atoms with E-state index in [1.54, 1.807) is 12.1 Å². The molecule has 1 amide bonds. The van der Waals surface area contributed by atoms with Gasteiger partial charge in [-0.2, -0.15) is 0 Å². The first-order valence-corrected chi connectivity index (χ1v) is 6.37. The molecule has 0 aliphatic heterocycles. The van der Waals surface area contributed by atoms with Crippen LogP contribution in [0.3, 0.4) is 0 Å². The van der Waals surface area contributed by atoms with Crippen molar-refractivity contribution in [2.75, 3.05) is 18.9 Å². The topological polar surface area (TPSA) is 110 Å². The highest BCUT2D eigenvalue weighted by molar-refractivity contribution is 5.96. The molecule has 0 aliphatic rings. The molecular weight excluding hydrogens is 272 g/mol. The van der Waals surface area contributed by atoms with E-state index < -0.39 is 12.0 Å². The predicted molar refractivity (Wildman–Crippen MR) is 76.7 cm³/mol. The van der Waals surface area contributed by atoms with Crippen LogP contribution in [0.1, 0.15) is 10.5 Å². The zero-order valence-corrected chi connectivity index (χ0v) is 11.3. The number of hydrogen-bond acceptors (Lipinski definition) is 6. The van der Waals surface area contributed by atoms with Crippen LogP contribution in [0.4, 0.5) is 5.82 Å². The molecular formula is C14H16N4O3. The van der Waals surface area contributed by atoms with Crippen molar-refractivity contribution in [2.24, 2.45) is 0 Å². The number of nitrogens with zero attached hydrogens (tertiary/aromatic N) is 2. The Hall–Kier alpha value is -2.67. The lowest BCUT2D eigenvalue weighted by molar-refractivity contribution is 0.0840. The first kappa shape index (κ1) is 14.7. The molecule has 1 heterocycles. The number of carbonyl (C=O) groups is 1. The van der Waals surface area contributed by atoms with E-state index in [0.29, 0.717) is 5.75 Å². The van der Waals surface area contributed by atoms with E-state index in [-0.39, 0.29) is 24.7 Å². The van der Waals surface area contributed by atoms with Crippen molar-refractivity contribution >= 4 is 11.7 Å². The minimum Gasteiger partial charge on any atom is -0.491 e. The van der Waals surface area contributed by atoms with Crippen molar-refractivity contribution in [3.8, 4) is 5.75 Å². The van der Waals surface area contributed by atoms with E-state index in [2.05, 4.69) is 15.3 Å². The van der Waals surface area contributed by atoms with Gasteiger partial charge < -0.3 is 20.9 Å². The van der Waals surface area contributed by atoms with Crippen molar-refractivity contribution in [1.29, 1.82) is 0 Å². The van der Waals surface area contributed by atoms with Gasteiger partial charge in [-0.05, 0) is 12.1 Å². The summed E-state index contributed by atoms with van der Waals surface area (Å²) in [4.78, 5) is 19.4. The van der Waals surface area contributed by atoms with Gasteiger partial charge in [0.1, 0.15) is 18.5 Å². The third-order valence-corrected chi connectivity index (χ3v) is 2.63. The molecule has 21 heavy (non-hydrogen) atoms. The smallest absolute Gasteiger partial charge is 0.273 e. The average Bonchev–Trinajstić information content (AvgIpc) is 2.52. The van der Waals surface area contributed by atoms with Gasteiger partial charge in [0.15, 0.2) is 11.5 Å². The Morgan fingerprint density at radius 1 is 1.29 bits per heavy atom. The van der Waals surface area contributed by atoms with Gasteiger partial charge >= 0.3 is 0 Å². The largest absolute Gasteiger partial charge is 0.491 e. The van der Waals surface area contributed by atoms with Crippen LogP contribution >= 0.6 is 0 Å². The molecule has 1 atom stereocenters. The summed E-state index contributed by atoms with van der Waals surface area (Å²) < 4.78 is 5.38. The number of amides is 1. The monoisotopic (exact) mass is 288 g/mol. The molecule has 7 nitrogen and oxygen atoms in total. The van der Waals surface area contributed by atoms with E-state index >= 15 is 0 Å². The standard InChI is InChI=1S/C14H16N4O3/c15-13-12(16-6-7-17-13)14(20)18-8-10(19)9-21-11-4-2-1-3-5-11/h1-7,10,19H,8-9H2,(H2,15,17)(H,18,20)/t10-/m1/s1. The fraction of sp³-hybridized carbons (Fsp3) is 0.214. The van der Waals surface area contributed by atoms with E-state index in [1.165, 1.54) is 12.4 Å². The summed E-state index contributed by atoms with van der Waals surface area (Å²) in [6, 6.07) is 9.10. The molecule has 110 valence electrons. The summed E-state index contributed by atoms with van der Waals surface area (Å²) in [5, 5.41) is 12.3. The summed E-state index contributed by atoms with van der Waals surface area (Å²) in [6.07, 6.45) is 1.93. The van der Waals surface area contributed by atoms with E-state index in [9.17, 15) is 9.90 Å². The van der Waals surface area contributed by atoms with Gasteiger partial charge in [0.2, 0.25) is 0 Å². The fourth-order valence-corrected chi connectivity index (χ4v) is 1.59. The predicted octanol–water partition coefficient (Wildman–Crippen LogP) is 0.228. The fourth-order valence-electron chi connectivity index (χ4n) is 1.59. The SMILES string of the molecule is Nc1nccnc1C(=O)NC[C@@H](O)COc1ccccc1. The Labute approximate surface area is 121 Å². The molecule has 1 aromatic carbocycles. The Bertz CT molecular complexity index is 592. The number of anilines is 1. The van der Waals surface area contributed by atoms with Gasteiger partial charge in [0.25, 0.3) is 5.91 Å². The quantitative estimate of drug-likeness (QED) is 0.701. The molecule has 0 radical (unpaired) electrons. The minimum atomic E-state index is -0.841. The van der Waals surface area contributed by atoms with E-state index in [1.807, 2.05) is 18.2 Å². The van der Waals surface area contributed by atoms with Crippen molar-refractivity contribution in [3.63, 3.8) is 0 Å². The number of benzene rings is 1. The molecule has 0 spiro atoms. The van der Waals surface area contributed by atoms with Crippen molar-refractivity contribution in [3.05, 3.63) is 48.4 Å². The normalized spacial score (nSPS) is 11.7. The van der Waals surface area contributed by atoms with Crippen LogP contribution in [0.2, 0.25) is 0 Å². The van der Waals surface area contributed by atoms with Crippen molar-refractivity contribution in [2.45, 2.75) is 6.10 Å². The number of ether oxygens (including phenoxy) is 1. The zero-order valence-electron chi connectivity index (χ0n) is 11.3. The van der Waals surface area contributed by atoms with Crippen LogP contribution in [-0.4, -0.2) is 40.2 Å². The van der Waals surface area contributed by atoms with Gasteiger partial charge in [0, 0.05) is 18.9 Å². The Morgan fingerprint density at radius 3 is 2.71 bits per heavy atom. The average molecular weight is 288 g/mol. The molecule has 0 saturated heterocycles. The molecule has 4 N–H and O–H groups in total. The number of carbonyl (C=O) groups excluding carboxylic acids is 1. The number of rotatable bonds is 6. The Morgan fingerprint density at radius 2 is 2.00 bits per heavy atom. The minimum absolute atomic E-state index is 0.0294. The summed E-state index contributed by atoms with van der Waals surface area (Å²) in [5.74, 6) is 0.213. The van der Waals surface area contributed by atoms with Crippen molar-refractivity contribution < 1.29 is 14.6 Å². The van der Waals surface area contributed by atoms with Gasteiger partial charge in [0.05, 0.1) is 0 Å². The lowest BCUT2D eigenvalue weighted by Gasteiger charge is -2.13. The maximum Gasteiger partial charge on any atom is 0.273 e. The van der Waals surface area contributed by atoms with Crippen molar-refractivity contribution in [1.82, 2.24) is 15.3 Å². The van der Waals surface area contributed by atoms with Gasteiger partial charge in [-0.3, -0.25) is 4.79 Å². The lowest BCUT2D eigenvalue weighted by Crippen LogP contribution is -2.36. The molecule has 1 aromatic heterocycles. The molecule has 2 rings (SSSR count). The highest BCUT2D eigenvalue weighted by Gasteiger charge is 2.13. The van der Waals surface area contributed by atoms with Crippen LogP contribution in [0.25, 0.3) is 0 Å². The summed E-state index contributed by atoms with van der Waals surface area (Å²) in [6.45, 7) is 0.0991. The van der Waals surface area contributed by atoms with Crippen LogP contribution in [0.5, 0.6) is 5.75 Å². The zero-order chi connectivity index (χ0) is 15.1. The van der Waals surface area contributed by atoms with Crippen LogP contribution in [0.15, 0.2) is 42.7 Å². The van der Waals surface area contributed by atoms with Crippen LogP contribution in [-0.2, 0) is 0 Å². The summed E-state index contributed by atoms with van der Waals surface area (Å²) in [7, 11) is 0. The summed E-state index contributed by atoms with van der Waals surface area (Å²) in [5.41, 5.74) is 5.58. The number of nitrogens with two attached hydrogens (primary N) is 1. The van der Waals surface area contributed by atoms with Crippen LogP contribution in [0, 0.1) is 0 Å². The number of nitrogens with one attached hydrogen (secondary N) is 1. The van der Waals surface area contributed by atoms with Gasteiger partial charge in [-0.25, -0.2) is 9.97 Å². The highest BCUT2D eigenvalue weighted by Crippen LogP contribution is 2.08. The number of aromatic nitrogens is 2. The molecule has 2 aromatic rings. The number of hydrogen-bond donors (Lipinski definition) is 3. The molecule has 0 saturated carbocycles. The molecule has 0 unspecified atom stereocenters. The first-order chi connectivity index (χ1) is 10.2. The Kier molecular flexibility index (Phi) is 5.05. The third kappa shape index (κ3) is 4.43.